The van der Waals surface area contributed by atoms with Crippen molar-refractivity contribution in [1.29, 1.82) is 0 Å². The van der Waals surface area contributed by atoms with E-state index in [1.807, 2.05) is 27.7 Å². The molecule has 9 aliphatic rings. The van der Waals surface area contributed by atoms with E-state index < -0.39 is 75.4 Å². The van der Waals surface area contributed by atoms with Crippen LogP contribution in [0.2, 0.25) is 0 Å². The van der Waals surface area contributed by atoms with Gasteiger partial charge in [0.2, 0.25) is 6.29 Å². The molecule has 52 heavy (non-hydrogen) atoms. The van der Waals surface area contributed by atoms with Crippen LogP contribution in [0, 0.1) is 40.9 Å². The quantitative estimate of drug-likeness (QED) is 0.177. The molecule has 1 saturated heterocycles. The molecular weight excluding hydrogens is 668 g/mol. The Morgan fingerprint density at radius 3 is 2.00 bits per heavy atom. The largest absolute Gasteiger partial charge is 0.460 e. The summed E-state index contributed by atoms with van der Waals surface area (Å²) in [6.45, 7) is 9.66. The van der Waals surface area contributed by atoms with Crippen molar-refractivity contribution in [3.05, 3.63) is 0 Å². The fraction of sp³-hybridized carbons (Fsp3) is 0.902. The molecule has 11 nitrogen and oxygen atoms in total. The molecule has 1 aliphatic heterocycles. The van der Waals surface area contributed by atoms with Gasteiger partial charge in [-0.15, -0.1) is 0 Å². The first-order valence-electron chi connectivity index (χ1n) is 20.3. The van der Waals surface area contributed by atoms with Gasteiger partial charge in [0.1, 0.15) is 16.8 Å². The zero-order valence-corrected chi connectivity index (χ0v) is 32.0. The molecule has 292 valence electrons. The first-order chi connectivity index (χ1) is 24.3. The van der Waals surface area contributed by atoms with Gasteiger partial charge in [0.05, 0.1) is 41.0 Å². The normalized spacial score (nSPS) is 41.9. The van der Waals surface area contributed by atoms with Gasteiger partial charge < -0.3 is 33.9 Å². The number of carbonyl (C=O) groups is 4. The van der Waals surface area contributed by atoms with Crippen molar-refractivity contribution in [2.45, 2.75) is 184 Å². The Labute approximate surface area is 308 Å². The van der Waals surface area contributed by atoms with Crippen LogP contribution in [-0.2, 0) is 42.9 Å². The second-order valence-electron chi connectivity index (χ2n) is 19.8. The molecule has 9 fully saturated rings. The van der Waals surface area contributed by atoms with Crippen LogP contribution in [0.15, 0.2) is 0 Å². The van der Waals surface area contributed by atoms with Gasteiger partial charge in [0.15, 0.2) is 0 Å². The van der Waals surface area contributed by atoms with E-state index in [4.69, 9.17) is 23.7 Å². The van der Waals surface area contributed by atoms with Gasteiger partial charge in [0.25, 0.3) is 0 Å². The highest BCUT2D eigenvalue weighted by Crippen LogP contribution is 2.65. The predicted octanol–water partition coefficient (Wildman–Crippen LogP) is 6.08. The molecule has 0 spiro atoms. The van der Waals surface area contributed by atoms with E-state index >= 15 is 0 Å². The minimum absolute atomic E-state index is 0.0273. The summed E-state index contributed by atoms with van der Waals surface area (Å²) in [5.41, 5.74) is -5.28. The molecule has 0 aromatic carbocycles. The summed E-state index contributed by atoms with van der Waals surface area (Å²) >= 11 is 0. The van der Waals surface area contributed by atoms with Crippen molar-refractivity contribution >= 4 is 23.9 Å². The minimum atomic E-state index is -1.12. The van der Waals surface area contributed by atoms with Crippen LogP contribution in [0.4, 0.5) is 0 Å². The average molecular weight is 731 g/mol. The Hall–Kier alpha value is -2.24. The SMILES string of the molecule is CCC(CC(CC(C)C(=O)OC1CCCCO1)C(=O)OC12CC3CC(CC(O)(C3)C1)C2)C(=O)OC12CC3CC(O)(C1)CC(C(=O)OC(C)(C)C)(C3)C2. The highest BCUT2D eigenvalue weighted by atomic mass is 16.7. The molecule has 10 unspecified atom stereocenters. The van der Waals surface area contributed by atoms with E-state index in [1.54, 1.807) is 6.92 Å². The molecule has 0 aromatic heterocycles. The summed E-state index contributed by atoms with van der Waals surface area (Å²) in [6.07, 6.45) is 9.58. The lowest BCUT2D eigenvalue weighted by Gasteiger charge is -2.63. The Kier molecular flexibility index (Phi) is 9.88. The minimum Gasteiger partial charge on any atom is -0.460 e. The number of esters is 4. The molecule has 1 heterocycles. The summed E-state index contributed by atoms with van der Waals surface area (Å²) in [7, 11) is 0. The average Bonchev–Trinajstić information content (AvgIpc) is 2.99. The second-order valence-corrected chi connectivity index (χ2v) is 19.8. The summed E-state index contributed by atoms with van der Waals surface area (Å²) in [4.78, 5) is 55.5. The van der Waals surface area contributed by atoms with Crippen molar-refractivity contribution in [1.82, 2.24) is 0 Å². The second kappa shape index (κ2) is 13.5. The van der Waals surface area contributed by atoms with Gasteiger partial charge in [-0.25, -0.2) is 0 Å². The van der Waals surface area contributed by atoms with E-state index in [0.717, 1.165) is 44.9 Å². The third kappa shape index (κ3) is 7.79. The number of hydrogen-bond acceptors (Lipinski definition) is 11. The molecule has 0 amide bonds. The summed E-state index contributed by atoms with van der Waals surface area (Å²) < 4.78 is 30.1. The van der Waals surface area contributed by atoms with Gasteiger partial charge in [-0.05, 0) is 128 Å². The van der Waals surface area contributed by atoms with Gasteiger partial charge in [0, 0.05) is 25.7 Å². The highest BCUT2D eigenvalue weighted by molar-refractivity contribution is 5.80. The first kappa shape index (κ1) is 38.1. The van der Waals surface area contributed by atoms with Crippen molar-refractivity contribution in [3.63, 3.8) is 0 Å². The maximum atomic E-state index is 14.3. The number of carbonyl (C=O) groups excluding carboxylic acids is 4. The number of ether oxygens (including phenoxy) is 5. The summed E-state index contributed by atoms with van der Waals surface area (Å²) in [6, 6.07) is 0. The Bertz CT molecular complexity index is 1400. The van der Waals surface area contributed by atoms with Crippen molar-refractivity contribution in [2.75, 3.05) is 6.61 Å². The fourth-order valence-electron chi connectivity index (χ4n) is 12.5. The molecular formula is C41H62O11. The lowest BCUT2D eigenvalue weighted by molar-refractivity contribution is -0.252. The van der Waals surface area contributed by atoms with Gasteiger partial charge in [-0.3, -0.25) is 19.2 Å². The van der Waals surface area contributed by atoms with Gasteiger partial charge in [-0.2, -0.15) is 0 Å². The first-order valence-corrected chi connectivity index (χ1v) is 20.3. The monoisotopic (exact) mass is 730 g/mol. The van der Waals surface area contributed by atoms with Crippen LogP contribution >= 0.6 is 0 Å². The van der Waals surface area contributed by atoms with E-state index in [-0.39, 0.29) is 31.1 Å². The lowest BCUT2D eigenvalue weighted by Crippen LogP contribution is -2.66. The van der Waals surface area contributed by atoms with E-state index in [0.29, 0.717) is 69.8 Å². The van der Waals surface area contributed by atoms with Crippen molar-refractivity contribution in [2.24, 2.45) is 40.9 Å². The molecule has 8 saturated carbocycles. The van der Waals surface area contributed by atoms with Crippen molar-refractivity contribution in [3.8, 4) is 0 Å². The fourth-order valence-corrected chi connectivity index (χ4v) is 12.5. The van der Waals surface area contributed by atoms with Crippen LogP contribution in [0.3, 0.4) is 0 Å². The van der Waals surface area contributed by atoms with Gasteiger partial charge in [-0.1, -0.05) is 13.8 Å². The van der Waals surface area contributed by atoms with Crippen molar-refractivity contribution < 1.29 is 53.1 Å². The predicted molar refractivity (Wildman–Crippen MR) is 187 cm³/mol. The third-order valence-electron chi connectivity index (χ3n) is 13.6. The Morgan fingerprint density at radius 1 is 0.750 bits per heavy atom. The standard InChI is InChI=1S/C41H62O11/c1-6-29(33(43)51-41-20-28-14-37(22-41,21-39(47,17-28)24-41)35(45)52-36(3,4)5)13-30(11-25(2)32(42)49-31-9-7-8-10-48-31)34(44)50-40-18-26-12-27(19-40)16-38(46,15-26)23-40/h25-31,46-47H,6-24H2,1-5H3. The Morgan fingerprint density at radius 2 is 1.38 bits per heavy atom. The Balaban J connectivity index is 1.08. The molecule has 2 N–H and O–H groups in total. The maximum absolute atomic E-state index is 14.3. The smallest absolute Gasteiger partial charge is 0.312 e. The topological polar surface area (TPSA) is 155 Å². The molecule has 11 heteroatoms. The highest BCUT2D eigenvalue weighted by Gasteiger charge is 2.68. The van der Waals surface area contributed by atoms with Crippen LogP contribution in [0.5, 0.6) is 0 Å². The zero-order chi connectivity index (χ0) is 37.3. The molecule has 8 aliphatic carbocycles. The van der Waals surface area contributed by atoms with E-state index in [9.17, 15) is 29.4 Å². The lowest BCUT2D eigenvalue weighted by atomic mass is 9.46. The summed E-state index contributed by atoms with van der Waals surface area (Å²) in [5, 5.41) is 23.1. The van der Waals surface area contributed by atoms with E-state index in [1.165, 1.54) is 0 Å². The van der Waals surface area contributed by atoms with Gasteiger partial charge >= 0.3 is 23.9 Å². The molecule has 8 bridgehead atoms. The number of hydrogen-bond donors (Lipinski definition) is 2. The molecule has 0 radical (unpaired) electrons. The number of aliphatic hydroxyl groups is 2. The molecule has 0 aromatic rings. The maximum Gasteiger partial charge on any atom is 0.312 e. The molecule has 10 atom stereocenters. The zero-order valence-electron chi connectivity index (χ0n) is 32.0. The van der Waals surface area contributed by atoms with E-state index in [2.05, 4.69) is 0 Å². The summed E-state index contributed by atoms with van der Waals surface area (Å²) in [5.74, 6) is -3.14. The van der Waals surface area contributed by atoms with Crippen LogP contribution in [-0.4, -0.2) is 75.0 Å². The number of rotatable bonds is 12. The molecule has 9 rings (SSSR count). The van der Waals surface area contributed by atoms with Crippen LogP contribution in [0.25, 0.3) is 0 Å². The third-order valence-corrected chi connectivity index (χ3v) is 13.6. The van der Waals surface area contributed by atoms with Crippen LogP contribution < -0.4 is 0 Å². The van der Waals surface area contributed by atoms with Crippen LogP contribution in [0.1, 0.15) is 150 Å².